The topological polar surface area (TPSA) is 42.4 Å². The molecule has 2 rings (SSSR count). The highest BCUT2D eigenvalue weighted by molar-refractivity contribution is 5.85. The molecule has 14 heavy (non-hydrogen) atoms. The molecular weight excluding hydrogens is 178 g/mol. The van der Waals surface area contributed by atoms with Crippen molar-refractivity contribution in [2.24, 2.45) is 0 Å². The van der Waals surface area contributed by atoms with Gasteiger partial charge in [0.15, 0.2) is 0 Å². The third-order valence-electron chi connectivity index (χ3n) is 2.22. The minimum atomic E-state index is -0.00247. The number of aromatic nitrogens is 1. The fourth-order valence-electron chi connectivity index (χ4n) is 1.46. The fraction of sp³-hybridized carbons (Fsp3) is 0.182. The molecule has 0 radical (unpaired) electrons. The lowest BCUT2D eigenvalue weighted by molar-refractivity contribution is 0.283. The first kappa shape index (κ1) is 8.97. The van der Waals surface area contributed by atoms with Crippen LogP contribution in [0, 0.1) is 0 Å². The van der Waals surface area contributed by atoms with E-state index in [1.165, 1.54) is 0 Å². The molecule has 72 valence electrons. The van der Waals surface area contributed by atoms with E-state index in [1.54, 1.807) is 19.5 Å². The first-order chi connectivity index (χ1) is 6.85. The lowest BCUT2D eigenvalue weighted by Crippen LogP contribution is -1.89. The van der Waals surface area contributed by atoms with Gasteiger partial charge in [0.05, 0.1) is 13.7 Å². The molecule has 0 amide bonds. The average molecular weight is 189 g/mol. The normalized spacial score (nSPS) is 10.4. The number of methoxy groups -OCH3 is 1. The van der Waals surface area contributed by atoms with Crippen molar-refractivity contribution in [3.05, 3.63) is 36.2 Å². The molecule has 3 nitrogen and oxygen atoms in total. The zero-order chi connectivity index (χ0) is 9.97. The molecule has 0 bridgehead atoms. The van der Waals surface area contributed by atoms with Crippen LogP contribution in [0.5, 0.6) is 5.75 Å². The summed E-state index contributed by atoms with van der Waals surface area (Å²) in [5.41, 5.74) is 0.821. The van der Waals surface area contributed by atoms with Crippen LogP contribution in [-0.4, -0.2) is 17.2 Å². The van der Waals surface area contributed by atoms with E-state index in [2.05, 4.69) is 4.98 Å². The van der Waals surface area contributed by atoms with Gasteiger partial charge in [0.2, 0.25) is 0 Å². The van der Waals surface area contributed by atoms with E-state index in [9.17, 15) is 0 Å². The molecular formula is C11H11NO2. The number of ether oxygens (including phenoxy) is 1. The summed E-state index contributed by atoms with van der Waals surface area (Å²) in [6.45, 7) is -0.00247. The second-order valence-corrected chi connectivity index (χ2v) is 3.04. The zero-order valence-electron chi connectivity index (χ0n) is 7.90. The van der Waals surface area contributed by atoms with E-state index in [-0.39, 0.29) is 6.61 Å². The van der Waals surface area contributed by atoms with Crippen LogP contribution in [0.25, 0.3) is 10.8 Å². The molecule has 0 atom stereocenters. The van der Waals surface area contributed by atoms with Crippen molar-refractivity contribution in [3.63, 3.8) is 0 Å². The van der Waals surface area contributed by atoms with Crippen molar-refractivity contribution in [3.8, 4) is 5.75 Å². The van der Waals surface area contributed by atoms with Crippen LogP contribution in [0.15, 0.2) is 30.6 Å². The number of benzene rings is 1. The third kappa shape index (κ3) is 1.42. The Bertz CT molecular complexity index is 454. The summed E-state index contributed by atoms with van der Waals surface area (Å²) in [6, 6.07) is 5.72. The molecule has 1 N–H and O–H groups in total. The van der Waals surface area contributed by atoms with Crippen molar-refractivity contribution in [1.82, 2.24) is 4.98 Å². The van der Waals surface area contributed by atoms with Crippen molar-refractivity contribution in [1.29, 1.82) is 0 Å². The molecule has 0 unspecified atom stereocenters. The highest BCUT2D eigenvalue weighted by Crippen LogP contribution is 2.22. The number of hydrogen-bond donors (Lipinski definition) is 1. The van der Waals surface area contributed by atoms with Gasteiger partial charge in [-0.15, -0.1) is 0 Å². The molecule has 0 saturated carbocycles. The molecule has 0 spiro atoms. The maximum Gasteiger partial charge on any atom is 0.119 e. The Morgan fingerprint density at radius 3 is 2.93 bits per heavy atom. The second-order valence-electron chi connectivity index (χ2n) is 3.04. The van der Waals surface area contributed by atoms with E-state index >= 15 is 0 Å². The highest BCUT2D eigenvalue weighted by Gasteiger charge is 2.01. The van der Waals surface area contributed by atoms with E-state index in [4.69, 9.17) is 9.84 Å². The molecule has 0 saturated heterocycles. The van der Waals surface area contributed by atoms with Crippen molar-refractivity contribution < 1.29 is 9.84 Å². The van der Waals surface area contributed by atoms with Crippen LogP contribution in [0.3, 0.4) is 0 Å². The summed E-state index contributed by atoms with van der Waals surface area (Å²) in [4.78, 5) is 4.04. The quantitative estimate of drug-likeness (QED) is 0.782. The van der Waals surface area contributed by atoms with Gasteiger partial charge >= 0.3 is 0 Å². The first-order valence-corrected chi connectivity index (χ1v) is 4.36. The third-order valence-corrected chi connectivity index (χ3v) is 2.22. The lowest BCUT2D eigenvalue weighted by Gasteiger charge is -2.05. The van der Waals surface area contributed by atoms with Gasteiger partial charge in [-0.1, -0.05) is 0 Å². The van der Waals surface area contributed by atoms with Gasteiger partial charge in [-0.2, -0.15) is 0 Å². The van der Waals surface area contributed by atoms with Crippen molar-refractivity contribution >= 4 is 10.8 Å². The monoisotopic (exact) mass is 189 g/mol. The summed E-state index contributed by atoms with van der Waals surface area (Å²) in [6.07, 6.45) is 3.44. The number of hydrogen-bond acceptors (Lipinski definition) is 3. The molecule has 1 aromatic carbocycles. The Labute approximate surface area is 82.0 Å². The summed E-state index contributed by atoms with van der Waals surface area (Å²) >= 11 is 0. The van der Waals surface area contributed by atoms with Gasteiger partial charge in [-0.3, -0.25) is 4.98 Å². The van der Waals surface area contributed by atoms with Gasteiger partial charge in [0.25, 0.3) is 0 Å². The maximum absolute atomic E-state index is 9.12. The maximum atomic E-state index is 9.12. The molecule has 1 aromatic heterocycles. The minimum absolute atomic E-state index is 0.00247. The Morgan fingerprint density at radius 1 is 1.36 bits per heavy atom. The molecule has 0 aliphatic carbocycles. The smallest absolute Gasteiger partial charge is 0.119 e. The summed E-state index contributed by atoms with van der Waals surface area (Å²) in [7, 11) is 1.63. The van der Waals surface area contributed by atoms with Gasteiger partial charge in [0, 0.05) is 23.3 Å². The molecule has 0 fully saturated rings. The highest BCUT2D eigenvalue weighted by atomic mass is 16.5. The first-order valence-electron chi connectivity index (χ1n) is 4.36. The molecule has 2 aromatic rings. The van der Waals surface area contributed by atoms with Crippen LogP contribution < -0.4 is 4.74 Å². The number of rotatable bonds is 2. The second kappa shape index (κ2) is 3.64. The van der Waals surface area contributed by atoms with E-state index < -0.39 is 0 Å². The van der Waals surface area contributed by atoms with Crippen molar-refractivity contribution in [2.75, 3.05) is 7.11 Å². The fourth-order valence-corrected chi connectivity index (χ4v) is 1.46. The zero-order valence-corrected chi connectivity index (χ0v) is 7.90. The standard InChI is InChI=1S/C11H11NO2/c1-14-10-3-2-8-5-12-6-9(7-13)11(8)4-10/h2-6,13H,7H2,1H3. The van der Waals surface area contributed by atoms with Gasteiger partial charge in [0.1, 0.15) is 5.75 Å². The summed E-state index contributed by atoms with van der Waals surface area (Å²) < 4.78 is 5.12. The number of aliphatic hydroxyl groups is 1. The Hall–Kier alpha value is -1.61. The van der Waals surface area contributed by atoms with Crippen LogP contribution in [0.1, 0.15) is 5.56 Å². The average Bonchev–Trinajstić information content (AvgIpc) is 2.27. The predicted octanol–water partition coefficient (Wildman–Crippen LogP) is 1.74. The summed E-state index contributed by atoms with van der Waals surface area (Å²) in [5.74, 6) is 0.790. The number of nitrogens with zero attached hydrogens (tertiary/aromatic N) is 1. The molecule has 3 heteroatoms. The molecule has 1 heterocycles. The van der Waals surface area contributed by atoms with E-state index in [0.29, 0.717) is 0 Å². The van der Waals surface area contributed by atoms with Crippen LogP contribution >= 0.6 is 0 Å². The van der Waals surface area contributed by atoms with Crippen LogP contribution in [-0.2, 0) is 6.61 Å². The molecule has 0 aliphatic rings. The van der Waals surface area contributed by atoms with Gasteiger partial charge in [-0.05, 0) is 23.6 Å². The Morgan fingerprint density at radius 2 is 2.21 bits per heavy atom. The number of pyridine rings is 1. The SMILES string of the molecule is COc1ccc2cncc(CO)c2c1. The lowest BCUT2D eigenvalue weighted by atomic mass is 10.1. The van der Waals surface area contributed by atoms with Crippen LogP contribution in [0.2, 0.25) is 0 Å². The van der Waals surface area contributed by atoms with E-state index in [1.807, 2.05) is 18.2 Å². The number of fused-ring (bicyclic) bond motifs is 1. The van der Waals surface area contributed by atoms with Gasteiger partial charge in [-0.25, -0.2) is 0 Å². The Kier molecular flexibility index (Phi) is 2.33. The largest absolute Gasteiger partial charge is 0.497 e. The van der Waals surface area contributed by atoms with Crippen LogP contribution in [0.4, 0.5) is 0 Å². The van der Waals surface area contributed by atoms with Crippen molar-refractivity contribution in [2.45, 2.75) is 6.61 Å². The van der Waals surface area contributed by atoms with E-state index in [0.717, 1.165) is 22.1 Å². The minimum Gasteiger partial charge on any atom is -0.497 e. The summed E-state index contributed by atoms with van der Waals surface area (Å²) in [5, 5.41) is 11.1. The molecule has 0 aliphatic heterocycles. The Balaban J connectivity index is 2.70. The number of aliphatic hydroxyl groups excluding tert-OH is 1. The van der Waals surface area contributed by atoms with Gasteiger partial charge < -0.3 is 9.84 Å². The predicted molar refractivity (Wildman–Crippen MR) is 54.2 cm³/mol.